The van der Waals surface area contributed by atoms with Crippen molar-refractivity contribution in [2.75, 3.05) is 33.9 Å². The van der Waals surface area contributed by atoms with Gasteiger partial charge in [-0.3, -0.25) is 4.79 Å². The monoisotopic (exact) mass is 517 g/mol. The summed E-state index contributed by atoms with van der Waals surface area (Å²) in [5.41, 5.74) is 2.90. The number of aliphatic carboxylic acids is 1. The molecule has 3 aromatic rings. The summed E-state index contributed by atoms with van der Waals surface area (Å²) in [5.74, 6) is 1.02. The van der Waals surface area contributed by atoms with Crippen molar-refractivity contribution in [3.05, 3.63) is 95.6 Å². The molecule has 7 heteroatoms. The molecule has 0 heterocycles. The third-order valence-corrected chi connectivity index (χ3v) is 5.95. The fraction of sp³-hybridized carbons (Fsp3) is 0.290. The van der Waals surface area contributed by atoms with Gasteiger partial charge >= 0.3 is 5.97 Å². The summed E-state index contributed by atoms with van der Waals surface area (Å²) in [5, 5.41) is 8.76. The highest BCUT2D eigenvalue weighted by molar-refractivity contribution is 5.85. The molecule has 7 nitrogen and oxygen atoms in total. The van der Waals surface area contributed by atoms with Gasteiger partial charge in [-0.25, -0.2) is 4.79 Å². The lowest BCUT2D eigenvalue weighted by Crippen LogP contribution is -2.30. The Morgan fingerprint density at radius 3 is 2.26 bits per heavy atom. The van der Waals surface area contributed by atoms with E-state index in [0.717, 1.165) is 42.2 Å². The van der Waals surface area contributed by atoms with Gasteiger partial charge in [0.1, 0.15) is 5.75 Å². The van der Waals surface area contributed by atoms with Crippen molar-refractivity contribution in [2.24, 2.45) is 0 Å². The summed E-state index contributed by atoms with van der Waals surface area (Å²) >= 11 is 0. The van der Waals surface area contributed by atoms with Crippen molar-refractivity contribution in [1.29, 1.82) is 0 Å². The number of rotatable bonds is 15. The second kappa shape index (κ2) is 15.1. The Morgan fingerprint density at radius 1 is 0.868 bits per heavy atom. The molecule has 3 aromatic carbocycles. The van der Waals surface area contributed by atoms with Crippen LogP contribution in [0.25, 0.3) is 6.08 Å². The Morgan fingerprint density at radius 2 is 1.58 bits per heavy atom. The molecule has 0 aromatic heterocycles. The van der Waals surface area contributed by atoms with Crippen molar-refractivity contribution >= 4 is 18.0 Å². The number of ether oxygens (including phenoxy) is 3. The number of likely N-dealkylation sites (N-methyl/N-ethyl adjacent to an activating group) is 1. The molecule has 0 aliphatic heterocycles. The summed E-state index contributed by atoms with van der Waals surface area (Å²) in [7, 11) is 3.39. The molecule has 0 aliphatic rings. The van der Waals surface area contributed by atoms with Gasteiger partial charge in [0.25, 0.3) is 0 Å². The number of methoxy groups -OCH3 is 1. The maximum Gasteiger partial charge on any atom is 0.328 e. The standard InChI is InChI=1S/C31H35NO6/c1-32(19-18-24-8-4-3-5-9-24)30(33)23-26-10-14-27(15-11-26)37-20-6-7-21-38-28-16-12-25(13-17-31(34)35)22-29(28)36-2/h3-5,8-17,22H,6-7,18-21,23H2,1-2H3,(H,34,35)/b17-13+. The zero-order valence-electron chi connectivity index (χ0n) is 22.0. The Kier molecular flexibility index (Phi) is 11.2. The number of hydrogen-bond donors (Lipinski definition) is 1. The van der Waals surface area contributed by atoms with Crippen LogP contribution in [0, 0.1) is 0 Å². The van der Waals surface area contributed by atoms with Crippen LogP contribution in [0.1, 0.15) is 29.5 Å². The van der Waals surface area contributed by atoms with Crippen LogP contribution >= 0.6 is 0 Å². The zero-order valence-corrected chi connectivity index (χ0v) is 22.0. The van der Waals surface area contributed by atoms with E-state index in [4.69, 9.17) is 19.3 Å². The second-order valence-corrected chi connectivity index (χ2v) is 8.86. The number of unbranched alkanes of at least 4 members (excludes halogenated alkanes) is 1. The Bertz CT molecular complexity index is 1190. The molecule has 0 fully saturated rings. The van der Waals surface area contributed by atoms with Crippen LogP contribution in [0.3, 0.4) is 0 Å². The average Bonchev–Trinajstić information content (AvgIpc) is 2.94. The van der Waals surface area contributed by atoms with Crippen LogP contribution in [0.5, 0.6) is 17.2 Å². The predicted molar refractivity (Wildman–Crippen MR) is 148 cm³/mol. The first-order valence-electron chi connectivity index (χ1n) is 12.7. The van der Waals surface area contributed by atoms with Gasteiger partial charge in [0.15, 0.2) is 11.5 Å². The van der Waals surface area contributed by atoms with Crippen LogP contribution in [0.4, 0.5) is 0 Å². The fourth-order valence-corrected chi connectivity index (χ4v) is 3.73. The molecule has 0 unspecified atom stereocenters. The van der Waals surface area contributed by atoms with Gasteiger partial charge in [-0.15, -0.1) is 0 Å². The van der Waals surface area contributed by atoms with Crippen LogP contribution in [0.15, 0.2) is 78.9 Å². The molecule has 1 N–H and O–H groups in total. The van der Waals surface area contributed by atoms with Gasteiger partial charge < -0.3 is 24.2 Å². The normalized spacial score (nSPS) is 10.8. The van der Waals surface area contributed by atoms with E-state index in [-0.39, 0.29) is 5.91 Å². The average molecular weight is 518 g/mol. The van der Waals surface area contributed by atoms with E-state index in [2.05, 4.69) is 12.1 Å². The molecule has 0 spiro atoms. The number of hydrogen-bond acceptors (Lipinski definition) is 5. The molecule has 1 amide bonds. The van der Waals surface area contributed by atoms with Crippen molar-refractivity contribution < 1.29 is 28.9 Å². The van der Waals surface area contributed by atoms with Crippen molar-refractivity contribution in [3.63, 3.8) is 0 Å². The first-order valence-corrected chi connectivity index (χ1v) is 12.7. The topological polar surface area (TPSA) is 85.3 Å². The number of carbonyl (C=O) groups is 2. The summed E-state index contributed by atoms with van der Waals surface area (Å²) in [6, 6.07) is 23.1. The van der Waals surface area contributed by atoms with E-state index in [1.54, 1.807) is 30.2 Å². The van der Waals surface area contributed by atoms with Crippen LogP contribution < -0.4 is 14.2 Å². The molecule has 0 bridgehead atoms. The Balaban J connectivity index is 1.34. The van der Waals surface area contributed by atoms with Gasteiger partial charge in [0.2, 0.25) is 5.91 Å². The zero-order chi connectivity index (χ0) is 27.2. The molecule has 200 valence electrons. The maximum absolute atomic E-state index is 12.6. The van der Waals surface area contributed by atoms with Gasteiger partial charge in [-0.1, -0.05) is 48.5 Å². The van der Waals surface area contributed by atoms with Gasteiger partial charge in [-0.2, -0.15) is 0 Å². The molecule has 0 aliphatic carbocycles. The minimum Gasteiger partial charge on any atom is -0.494 e. The van der Waals surface area contributed by atoms with Crippen LogP contribution in [-0.2, 0) is 22.4 Å². The van der Waals surface area contributed by atoms with Crippen LogP contribution in [-0.4, -0.2) is 55.8 Å². The van der Waals surface area contributed by atoms with Crippen molar-refractivity contribution in [1.82, 2.24) is 4.90 Å². The van der Waals surface area contributed by atoms with Crippen molar-refractivity contribution in [3.8, 4) is 17.2 Å². The van der Waals surface area contributed by atoms with E-state index in [0.29, 0.717) is 37.7 Å². The smallest absolute Gasteiger partial charge is 0.328 e. The SMILES string of the molecule is COc1cc(/C=C/C(=O)O)ccc1OCCCCOc1ccc(CC(=O)N(C)CCc2ccccc2)cc1. The van der Waals surface area contributed by atoms with E-state index in [9.17, 15) is 9.59 Å². The summed E-state index contributed by atoms with van der Waals surface area (Å²) in [4.78, 5) is 25.0. The van der Waals surface area contributed by atoms with Gasteiger partial charge in [0.05, 0.1) is 26.7 Å². The number of nitrogens with zero attached hydrogens (tertiary/aromatic N) is 1. The Labute approximate surface area is 224 Å². The molecule has 0 saturated carbocycles. The first kappa shape index (κ1) is 28.3. The highest BCUT2D eigenvalue weighted by Gasteiger charge is 2.10. The molecule has 38 heavy (non-hydrogen) atoms. The van der Waals surface area contributed by atoms with Gasteiger partial charge in [0, 0.05) is 19.7 Å². The largest absolute Gasteiger partial charge is 0.494 e. The lowest BCUT2D eigenvalue weighted by atomic mass is 10.1. The molecular formula is C31H35NO6. The third kappa shape index (κ3) is 9.65. The van der Waals surface area contributed by atoms with Crippen molar-refractivity contribution in [2.45, 2.75) is 25.7 Å². The minimum absolute atomic E-state index is 0.0950. The lowest BCUT2D eigenvalue weighted by Gasteiger charge is -2.17. The highest BCUT2D eigenvalue weighted by atomic mass is 16.5. The Hall–Kier alpha value is -4.26. The predicted octanol–water partition coefficient (Wildman–Crippen LogP) is 5.27. The summed E-state index contributed by atoms with van der Waals surface area (Å²) in [6.07, 6.45) is 5.40. The third-order valence-electron chi connectivity index (χ3n) is 5.95. The number of benzene rings is 3. The number of amides is 1. The molecule has 0 atom stereocenters. The lowest BCUT2D eigenvalue weighted by molar-refractivity contribution is -0.131. The molecule has 0 saturated heterocycles. The number of carboxylic acid groups (broad SMARTS) is 1. The van der Waals surface area contributed by atoms with Crippen LogP contribution in [0.2, 0.25) is 0 Å². The second-order valence-electron chi connectivity index (χ2n) is 8.86. The van der Waals surface area contributed by atoms with E-state index in [1.165, 1.54) is 11.6 Å². The minimum atomic E-state index is -1.00. The number of carbonyl (C=O) groups excluding carboxylic acids is 1. The van der Waals surface area contributed by atoms with E-state index in [1.807, 2.05) is 49.5 Å². The quantitative estimate of drug-likeness (QED) is 0.218. The van der Waals surface area contributed by atoms with E-state index < -0.39 is 5.97 Å². The fourth-order valence-electron chi connectivity index (χ4n) is 3.73. The van der Waals surface area contributed by atoms with E-state index >= 15 is 0 Å². The maximum atomic E-state index is 12.6. The summed E-state index contributed by atoms with van der Waals surface area (Å²) in [6.45, 7) is 1.75. The molecule has 0 radical (unpaired) electrons. The molecule has 3 rings (SSSR count). The van der Waals surface area contributed by atoms with Gasteiger partial charge in [-0.05, 0) is 66.3 Å². The summed E-state index contributed by atoms with van der Waals surface area (Å²) < 4.78 is 17.0. The highest BCUT2D eigenvalue weighted by Crippen LogP contribution is 2.28. The molecular weight excluding hydrogens is 482 g/mol. The number of carboxylic acids is 1. The first-order chi connectivity index (χ1) is 18.4.